The number of imidazole rings is 1. The first-order valence-corrected chi connectivity index (χ1v) is 8.22. The van der Waals surface area contributed by atoms with Crippen molar-refractivity contribution in [2.75, 3.05) is 12.8 Å². The van der Waals surface area contributed by atoms with Crippen molar-refractivity contribution in [2.45, 2.75) is 50.3 Å². The lowest BCUT2D eigenvalue weighted by Crippen LogP contribution is -2.24. The van der Waals surface area contributed by atoms with E-state index in [9.17, 15) is 0 Å². The molecule has 1 aromatic rings. The number of nitrogens with zero attached hydrogens (tertiary/aromatic N) is 2. The Morgan fingerprint density at radius 1 is 1.50 bits per heavy atom. The van der Waals surface area contributed by atoms with Gasteiger partial charge in [-0.05, 0) is 25.0 Å². The molecule has 1 aliphatic carbocycles. The summed E-state index contributed by atoms with van der Waals surface area (Å²) in [5.74, 6) is 0.996. The summed E-state index contributed by atoms with van der Waals surface area (Å²) in [5, 5.41) is 0.739. The van der Waals surface area contributed by atoms with Gasteiger partial charge in [0.2, 0.25) is 0 Å². The molecule has 1 aliphatic rings. The quantitative estimate of drug-likeness (QED) is 0.892. The number of thioether (sulfide) groups is 1. The van der Waals surface area contributed by atoms with Crippen LogP contribution >= 0.6 is 11.8 Å². The van der Waals surface area contributed by atoms with Crippen LogP contribution in [0, 0.1) is 5.92 Å². The van der Waals surface area contributed by atoms with Gasteiger partial charge in [-0.2, -0.15) is 11.8 Å². The van der Waals surface area contributed by atoms with Crippen LogP contribution in [0.4, 0.5) is 0 Å². The molecule has 4 heteroatoms. The molecule has 0 saturated heterocycles. The summed E-state index contributed by atoms with van der Waals surface area (Å²) in [4.78, 5) is 4.38. The van der Waals surface area contributed by atoms with E-state index in [2.05, 4.69) is 29.7 Å². The second-order valence-electron chi connectivity index (χ2n) is 5.58. The molecular formula is C14H25N3S. The lowest BCUT2D eigenvalue weighted by Gasteiger charge is -2.26. The number of hydrogen-bond acceptors (Lipinski definition) is 3. The van der Waals surface area contributed by atoms with Gasteiger partial charge in [-0.3, -0.25) is 0 Å². The third-order valence-corrected chi connectivity index (χ3v) is 5.37. The second-order valence-corrected chi connectivity index (χ2v) is 6.66. The maximum Gasteiger partial charge on any atom is 0.0951 e. The Balaban J connectivity index is 2.26. The summed E-state index contributed by atoms with van der Waals surface area (Å²) >= 11 is 2.00. The largest absolute Gasteiger partial charge is 0.330 e. The van der Waals surface area contributed by atoms with Crippen LogP contribution in [0.3, 0.4) is 0 Å². The van der Waals surface area contributed by atoms with Crippen molar-refractivity contribution in [3.63, 3.8) is 0 Å². The van der Waals surface area contributed by atoms with Gasteiger partial charge < -0.3 is 10.3 Å². The smallest absolute Gasteiger partial charge is 0.0951 e. The van der Waals surface area contributed by atoms with Crippen molar-refractivity contribution >= 4 is 11.8 Å². The monoisotopic (exact) mass is 267 g/mol. The van der Waals surface area contributed by atoms with Crippen LogP contribution in [-0.2, 0) is 0 Å². The number of rotatable bonds is 5. The number of aromatic nitrogens is 2. The Morgan fingerprint density at radius 2 is 2.28 bits per heavy atom. The standard InChI is InChI=1S/C14H25N3S/c1-10(2)11(7-15)13-8-16-9-17(13)12-5-4-6-14(12)18-3/h8-12,14H,4-7,15H2,1-3H3. The first-order valence-electron chi connectivity index (χ1n) is 6.93. The summed E-state index contributed by atoms with van der Waals surface area (Å²) in [6.45, 7) is 5.20. The van der Waals surface area contributed by atoms with E-state index in [-0.39, 0.29) is 0 Å². The maximum atomic E-state index is 5.95. The molecule has 3 atom stereocenters. The Bertz CT molecular complexity index is 375. The second kappa shape index (κ2) is 6.11. The highest BCUT2D eigenvalue weighted by Gasteiger charge is 2.30. The molecule has 3 nitrogen and oxygen atoms in total. The van der Waals surface area contributed by atoms with Gasteiger partial charge in [0.05, 0.1) is 6.33 Å². The Hall–Kier alpha value is -0.480. The molecule has 0 aromatic carbocycles. The summed E-state index contributed by atoms with van der Waals surface area (Å²) < 4.78 is 2.41. The van der Waals surface area contributed by atoms with Gasteiger partial charge in [0.15, 0.2) is 0 Å². The van der Waals surface area contributed by atoms with Crippen LogP contribution in [0.2, 0.25) is 0 Å². The Kier molecular flexibility index (Phi) is 4.73. The van der Waals surface area contributed by atoms with E-state index in [1.165, 1.54) is 25.0 Å². The molecule has 102 valence electrons. The average molecular weight is 267 g/mol. The van der Waals surface area contributed by atoms with E-state index in [0.29, 0.717) is 24.4 Å². The average Bonchev–Trinajstić information content (AvgIpc) is 2.96. The molecular weight excluding hydrogens is 242 g/mol. The molecule has 0 bridgehead atoms. The van der Waals surface area contributed by atoms with Crippen LogP contribution in [0.1, 0.15) is 50.8 Å². The van der Waals surface area contributed by atoms with Crippen LogP contribution in [0.15, 0.2) is 12.5 Å². The molecule has 3 unspecified atom stereocenters. The highest BCUT2D eigenvalue weighted by Crippen LogP contribution is 2.39. The molecule has 1 saturated carbocycles. The predicted octanol–water partition coefficient (Wildman–Crippen LogP) is 3.04. The minimum atomic E-state index is 0.426. The zero-order valence-corrected chi connectivity index (χ0v) is 12.5. The fourth-order valence-corrected chi connectivity index (χ4v) is 4.10. The van der Waals surface area contributed by atoms with E-state index >= 15 is 0 Å². The third-order valence-electron chi connectivity index (χ3n) is 4.21. The highest BCUT2D eigenvalue weighted by molar-refractivity contribution is 7.99. The van der Waals surface area contributed by atoms with E-state index in [4.69, 9.17) is 5.73 Å². The summed E-state index contributed by atoms with van der Waals surface area (Å²) in [6.07, 6.45) is 10.2. The van der Waals surface area contributed by atoms with Gasteiger partial charge in [0.1, 0.15) is 0 Å². The molecule has 1 fully saturated rings. The molecule has 0 aliphatic heterocycles. The van der Waals surface area contributed by atoms with Gasteiger partial charge in [0.25, 0.3) is 0 Å². The molecule has 1 aromatic heterocycles. The van der Waals surface area contributed by atoms with E-state index in [0.717, 1.165) is 5.25 Å². The van der Waals surface area contributed by atoms with Crippen molar-refractivity contribution in [2.24, 2.45) is 11.7 Å². The fraction of sp³-hybridized carbons (Fsp3) is 0.786. The molecule has 18 heavy (non-hydrogen) atoms. The molecule has 2 rings (SSSR count). The van der Waals surface area contributed by atoms with E-state index in [1.54, 1.807) is 0 Å². The summed E-state index contributed by atoms with van der Waals surface area (Å²) in [6, 6.07) is 0.616. The van der Waals surface area contributed by atoms with Crippen molar-refractivity contribution in [3.05, 3.63) is 18.2 Å². The first-order chi connectivity index (χ1) is 8.69. The predicted molar refractivity (Wildman–Crippen MR) is 79.1 cm³/mol. The van der Waals surface area contributed by atoms with Crippen molar-refractivity contribution < 1.29 is 0 Å². The van der Waals surface area contributed by atoms with E-state index in [1.807, 2.05) is 24.3 Å². The minimum absolute atomic E-state index is 0.426. The maximum absolute atomic E-state index is 5.95. The number of hydrogen-bond donors (Lipinski definition) is 1. The third kappa shape index (κ3) is 2.59. The van der Waals surface area contributed by atoms with Gasteiger partial charge in [-0.15, -0.1) is 0 Å². The van der Waals surface area contributed by atoms with Crippen molar-refractivity contribution in [3.8, 4) is 0 Å². The van der Waals surface area contributed by atoms with Crippen LogP contribution in [-0.4, -0.2) is 27.6 Å². The Labute approximate surface area is 115 Å². The molecule has 2 N–H and O–H groups in total. The van der Waals surface area contributed by atoms with Crippen molar-refractivity contribution in [1.29, 1.82) is 0 Å². The Morgan fingerprint density at radius 3 is 2.89 bits per heavy atom. The van der Waals surface area contributed by atoms with Crippen LogP contribution in [0.25, 0.3) is 0 Å². The zero-order valence-electron chi connectivity index (χ0n) is 11.7. The molecule has 1 heterocycles. The molecule has 0 amide bonds. The minimum Gasteiger partial charge on any atom is -0.330 e. The fourth-order valence-electron chi connectivity index (χ4n) is 3.11. The normalized spacial score (nSPS) is 25.8. The molecule has 0 spiro atoms. The lowest BCUT2D eigenvalue weighted by atomic mass is 9.92. The summed E-state index contributed by atoms with van der Waals surface area (Å²) in [5.41, 5.74) is 7.29. The SMILES string of the molecule is CSC1CCCC1n1cncc1C(CN)C(C)C. The highest BCUT2D eigenvalue weighted by atomic mass is 32.2. The molecule has 0 radical (unpaired) electrons. The number of nitrogens with two attached hydrogens (primary N) is 1. The first kappa shape index (κ1) is 13.9. The van der Waals surface area contributed by atoms with Gasteiger partial charge >= 0.3 is 0 Å². The summed E-state index contributed by atoms with van der Waals surface area (Å²) in [7, 11) is 0. The van der Waals surface area contributed by atoms with E-state index < -0.39 is 0 Å². The van der Waals surface area contributed by atoms with Gasteiger partial charge in [-0.1, -0.05) is 20.3 Å². The zero-order chi connectivity index (χ0) is 13.1. The topological polar surface area (TPSA) is 43.8 Å². The lowest BCUT2D eigenvalue weighted by molar-refractivity contribution is 0.437. The van der Waals surface area contributed by atoms with Crippen LogP contribution in [0.5, 0.6) is 0 Å². The van der Waals surface area contributed by atoms with Crippen molar-refractivity contribution in [1.82, 2.24) is 9.55 Å². The van der Waals surface area contributed by atoms with Crippen LogP contribution < -0.4 is 5.73 Å². The van der Waals surface area contributed by atoms with Gasteiger partial charge in [0, 0.05) is 35.6 Å². The van der Waals surface area contributed by atoms with Gasteiger partial charge in [-0.25, -0.2) is 4.98 Å².